The van der Waals surface area contributed by atoms with E-state index in [-0.39, 0.29) is 69.7 Å². The third kappa shape index (κ3) is 15.6. The number of halogens is 1. The van der Waals surface area contributed by atoms with Crippen molar-refractivity contribution in [3.05, 3.63) is 112 Å². The molecule has 3 aliphatic heterocycles. The second-order valence-electron chi connectivity index (χ2n) is 21.8. The van der Waals surface area contributed by atoms with Crippen LogP contribution in [-0.2, 0) is 76.3 Å². The number of fused-ring (bicyclic) bond motifs is 4. The van der Waals surface area contributed by atoms with Crippen LogP contribution in [0, 0.1) is 11.8 Å². The second-order valence-corrected chi connectivity index (χ2v) is 24.4. The Morgan fingerprint density at radius 3 is 2.21 bits per heavy atom. The predicted molar refractivity (Wildman–Crippen MR) is 302 cm³/mol. The first-order chi connectivity index (χ1) is 38.4. The number of carbonyl (C=O) groups is 3. The number of likely N-dealkylation sites (N-methyl/N-ethyl adjacent to an activating group) is 1. The Kier molecular flexibility index (Phi) is 21.4. The molecule has 0 spiro atoms. The highest BCUT2D eigenvalue weighted by atomic mass is 32.1. The number of anilines is 1. The first-order valence-electron chi connectivity index (χ1n) is 27.3. The summed E-state index contributed by atoms with van der Waals surface area (Å²) in [7, 11) is -0.315. The number of cyclic esters (lactones) is 1. The van der Waals surface area contributed by atoms with E-state index in [9.17, 15) is 29.2 Å². The summed E-state index contributed by atoms with van der Waals surface area (Å²) in [6.45, 7) is 13.2. The molecule has 2 aromatic heterocycles. The highest BCUT2D eigenvalue weighted by molar-refractivity contribution is 7.55. The number of nitrogens with zero attached hydrogens (tertiary/aromatic N) is 4. The van der Waals surface area contributed by atoms with Gasteiger partial charge in [-0.2, -0.15) is 0 Å². The number of carbonyl (C=O) groups excluding carboxylic acids is 3. The van der Waals surface area contributed by atoms with Crippen LogP contribution in [0.4, 0.5) is 10.2 Å². The summed E-state index contributed by atoms with van der Waals surface area (Å²) in [4.78, 5) is 59.1. The SMILES string of the molecule is CCC(=O)NC1=C(C)[C@H]2OCC(=NOCc3ccc(-c4nc(NP(=O)(OCc5ccccc5)OCc5ccccc5)cs4)cn3)CO[C@](C)(C[C@H]1C)[C@H](O[C@@H]1O[C@H](C)C[C@H](N(C)C)[C@H]1O)[C@@H](C)C(=O)[C@](C)(F)C(=O)O[C@H](CC)[C@@]2(C)O. The number of ketones is 1. The quantitative estimate of drug-likeness (QED) is 0.0314. The second kappa shape index (κ2) is 27.4. The molecule has 2 aromatic carbocycles. The molecule has 12 atom stereocenters. The van der Waals surface area contributed by atoms with Gasteiger partial charge in [0.15, 0.2) is 18.7 Å². The average Bonchev–Trinajstić information content (AvgIpc) is 4.04. The van der Waals surface area contributed by atoms with Gasteiger partial charge in [-0.1, -0.05) is 93.5 Å². The number of thiazole rings is 1. The molecule has 81 heavy (non-hydrogen) atoms. The Balaban J connectivity index is 1.19. The van der Waals surface area contributed by atoms with Gasteiger partial charge in [-0.05, 0) is 103 Å². The third-order valence-electron chi connectivity index (χ3n) is 15.0. The largest absolute Gasteiger partial charge is 0.457 e. The summed E-state index contributed by atoms with van der Waals surface area (Å²) in [5, 5.41) is 37.1. The number of aliphatic hydroxyl groups is 2. The molecule has 1 saturated heterocycles. The van der Waals surface area contributed by atoms with E-state index in [2.05, 4.69) is 25.5 Å². The van der Waals surface area contributed by atoms with Gasteiger partial charge in [-0.15, -0.1) is 11.3 Å². The van der Waals surface area contributed by atoms with Crippen LogP contribution in [-0.4, -0.2) is 135 Å². The fourth-order valence-electron chi connectivity index (χ4n) is 10.5. The Hall–Kier alpha value is -5.36. The lowest BCUT2D eigenvalue weighted by molar-refractivity contribution is -0.296. The average molecular weight is 1170 g/mol. The zero-order valence-electron chi connectivity index (χ0n) is 48.0. The molecule has 5 heterocycles. The van der Waals surface area contributed by atoms with E-state index in [1.54, 1.807) is 51.4 Å². The van der Waals surface area contributed by atoms with E-state index in [0.717, 1.165) is 18.1 Å². The van der Waals surface area contributed by atoms with E-state index >= 15 is 4.39 Å². The Bertz CT molecular complexity index is 2830. The molecule has 3 aliphatic rings. The maximum atomic E-state index is 17.1. The summed E-state index contributed by atoms with van der Waals surface area (Å²) in [5.41, 5.74) is -3.39. The highest BCUT2D eigenvalue weighted by Crippen LogP contribution is 2.50. The maximum absolute atomic E-state index is 17.1. The number of pyridine rings is 1. The number of rotatable bonds is 18. The summed E-state index contributed by atoms with van der Waals surface area (Å²) in [6, 6.07) is 21.8. The molecule has 1 amide bonds. The summed E-state index contributed by atoms with van der Waals surface area (Å²) >= 11 is 1.29. The normalized spacial score (nSPS) is 30.5. The number of aliphatic hydroxyl groups excluding tert-OH is 1. The molecule has 1 fully saturated rings. The molecule has 2 bridgehead atoms. The van der Waals surface area contributed by atoms with Crippen molar-refractivity contribution in [3.8, 4) is 10.6 Å². The monoisotopic (exact) mass is 1160 g/mol. The highest BCUT2D eigenvalue weighted by Gasteiger charge is 2.56. The smallest absolute Gasteiger partial charge is 0.434 e. The number of hydrogen-bond acceptors (Lipinski definition) is 19. The molecule has 4 N–H and O–H groups in total. The van der Waals surface area contributed by atoms with Crippen molar-refractivity contribution in [2.75, 3.05) is 32.4 Å². The van der Waals surface area contributed by atoms with Crippen LogP contribution in [0.1, 0.15) is 105 Å². The summed E-state index contributed by atoms with van der Waals surface area (Å²) in [5.74, 6) is -4.94. The van der Waals surface area contributed by atoms with E-state index in [4.69, 9.17) is 37.6 Å². The van der Waals surface area contributed by atoms with Crippen LogP contribution in [0.2, 0.25) is 0 Å². The van der Waals surface area contributed by atoms with Crippen molar-refractivity contribution in [1.29, 1.82) is 0 Å². The minimum absolute atomic E-state index is 0.0224. The van der Waals surface area contributed by atoms with Crippen molar-refractivity contribution < 1.29 is 71.1 Å². The van der Waals surface area contributed by atoms with E-state index in [1.807, 2.05) is 93.5 Å². The summed E-state index contributed by atoms with van der Waals surface area (Å²) < 4.78 is 75.3. The van der Waals surface area contributed by atoms with Gasteiger partial charge in [0.1, 0.15) is 40.5 Å². The minimum atomic E-state index is -3.94. The molecule has 0 unspecified atom stereocenters. The van der Waals surface area contributed by atoms with Gasteiger partial charge in [-0.25, -0.2) is 18.7 Å². The van der Waals surface area contributed by atoms with Gasteiger partial charge in [0.2, 0.25) is 5.91 Å². The van der Waals surface area contributed by atoms with Crippen molar-refractivity contribution in [2.24, 2.45) is 17.0 Å². The maximum Gasteiger partial charge on any atom is 0.434 e. The van der Waals surface area contributed by atoms with Gasteiger partial charge in [0, 0.05) is 41.2 Å². The Morgan fingerprint density at radius 1 is 0.963 bits per heavy atom. The predicted octanol–water partition coefficient (Wildman–Crippen LogP) is 8.86. The fraction of sp³-hybridized carbons (Fsp3) is 0.552. The van der Waals surface area contributed by atoms with E-state index in [0.29, 0.717) is 34.0 Å². The number of allylic oxidation sites excluding steroid dienone is 1. The molecule has 23 heteroatoms. The molecule has 0 aliphatic carbocycles. The number of benzene rings is 2. The van der Waals surface area contributed by atoms with Crippen LogP contribution in [0.25, 0.3) is 10.6 Å². The topological polar surface area (TPSA) is 248 Å². The number of ether oxygens (including phenoxy) is 5. The molecule has 442 valence electrons. The molecular formula is C58H78FN6O14PS. The zero-order chi connectivity index (χ0) is 58.9. The van der Waals surface area contributed by atoms with E-state index in [1.165, 1.54) is 25.2 Å². The van der Waals surface area contributed by atoms with E-state index < -0.39 is 91.1 Å². The first kappa shape index (κ1) is 63.2. The van der Waals surface area contributed by atoms with Gasteiger partial charge in [-0.3, -0.25) is 28.7 Å². The lowest BCUT2D eigenvalue weighted by Crippen LogP contribution is -2.61. The van der Waals surface area contributed by atoms with Crippen LogP contribution >= 0.6 is 19.1 Å². The summed E-state index contributed by atoms with van der Waals surface area (Å²) in [6.07, 6.45) is -5.17. The van der Waals surface area contributed by atoms with Gasteiger partial charge in [0.25, 0.3) is 5.67 Å². The lowest BCUT2D eigenvalue weighted by atomic mass is 9.76. The number of alkyl halides is 1. The first-order valence-corrected chi connectivity index (χ1v) is 29.7. The Labute approximate surface area is 477 Å². The molecule has 20 nitrogen and oxygen atoms in total. The molecule has 4 aromatic rings. The number of hydrogen-bond donors (Lipinski definition) is 4. The van der Waals surface area contributed by atoms with Gasteiger partial charge in [0.05, 0.1) is 49.9 Å². The molecule has 0 radical (unpaired) electrons. The lowest BCUT2D eigenvalue weighted by Gasteiger charge is -2.47. The Morgan fingerprint density at radius 2 is 1.62 bits per heavy atom. The number of Topliss-reactive ketones (excluding diaryl/α,β-unsaturated/α-hetero) is 1. The third-order valence-corrected chi connectivity index (χ3v) is 17.3. The number of esters is 1. The van der Waals surface area contributed by atoms with Gasteiger partial charge >= 0.3 is 13.7 Å². The number of oxime groups is 1. The van der Waals surface area contributed by atoms with Crippen molar-refractivity contribution in [3.63, 3.8) is 0 Å². The number of amides is 1. The number of aromatic nitrogens is 2. The standard InChI is InChI=1S/C58H78FN6O14PS/c1-12-45-58(9,70)52-37(5)48(62-47(66)13-2)35(3)27-56(7,51(38(6)50(68)57(8,59)55(69)78-45)79-54-49(67)44(65(10)11)26-36(4)77-54)73-32-43(31-72-52)63-74-33-42-25-24-41(28-60-42)53-61-46(34-81-53)64-80(71,75-29-39-20-16-14-17-21-39)76-30-40-22-18-15-19-23-40/h14-25,28,34-36,38,44-45,49,51-52,54,67,70H,12-13,26-27,29-33H2,1-11H3,(H,62,66)(H,64,71)/t35-,36-,38+,44+,45-,49-,51-,52-,54+,56-,57+,58-/m1/s1. The minimum Gasteiger partial charge on any atom is -0.457 e. The molecule has 0 saturated carbocycles. The van der Waals surface area contributed by atoms with Crippen LogP contribution in [0.5, 0.6) is 0 Å². The molecule has 7 rings (SSSR count). The van der Waals surface area contributed by atoms with Crippen LogP contribution in [0.15, 0.2) is 101 Å². The van der Waals surface area contributed by atoms with Crippen molar-refractivity contribution in [1.82, 2.24) is 20.2 Å². The zero-order valence-corrected chi connectivity index (χ0v) is 49.7. The van der Waals surface area contributed by atoms with Crippen molar-refractivity contribution >= 4 is 48.3 Å². The number of nitrogens with one attached hydrogen (secondary N) is 2. The molecular weight excluding hydrogens is 1090 g/mol. The fourth-order valence-corrected chi connectivity index (χ4v) is 12.6. The van der Waals surface area contributed by atoms with Gasteiger partial charge < -0.3 is 49.0 Å². The van der Waals surface area contributed by atoms with Crippen LogP contribution in [0.3, 0.4) is 0 Å². The van der Waals surface area contributed by atoms with Crippen molar-refractivity contribution in [2.45, 2.75) is 168 Å². The van der Waals surface area contributed by atoms with Crippen LogP contribution < -0.4 is 10.4 Å².